The average Bonchev–Trinajstić information content (AvgIpc) is 3.26. The molecular weight excluding hydrogens is 442 g/mol. The molecule has 0 saturated heterocycles. The molecule has 3 unspecified atom stereocenters. The largest absolute Gasteiger partial charge is 0.491 e. The minimum Gasteiger partial charge on any atom is -0.491 e. The molecule has 0 amide bonds. The van der Waals surface area contributed by atoms with Crippen LogP contribution in [0.5, 0.6) is 5.75 Å². The van der Waals surface area contributed by atoms with E-state index in [-0.39, 0.29) is 17.9 Å². The molecule has 1 aromatic rings. The molecule has 6 heteroatoms. The van der Waals surface area contributed by atoms with Gasteiger partial charge in [-0.3, -0.25) is 4.79 Å². The van der Waals surface area contributed by atoms with E-state index >= 15 is 0 Å². The van der Waals surface area contributed by atoms with E-state index < -0.39 is 0 Å². The number of ether oxygens (including phenoxy) is 3. The van der Waals surface area contributed by atoms with Crippen molar-refractivity contribution < 1.29 is 19.0 Å². The Morgan fingerprint density at radius 1 is 1.14 bits per heavy atom. The highest BCUT2D eigenvalue weighted by Gasteiger charge is 2.50. The van der Waals surface area contributed by atoms with E-state index in [4.69, 9.17) is 9.47 Å². The third-order valence-corrected chi connectivity index (χ3v) is 9.09. The molecule has 0 radical (unpaired) electrons. The minimum atomic E-state index is -0.311. The number of rotatable bonds is 8. The summed E-state index contributed by atoms with van der Waals surface area (Å²) in [7, 11) is 3.09. The molecule has 0 spiro atoms. The third kappa shape index (κ3) is 6.07. The van der Waals surface area contributed by atoms with Crippen molar-refractivity contribution in [3.05, 3.63) is 33.7 Å². The van der Waals surface area contributed by atoms with Crippen LogP contribution in [0.2, 0.25) is 0 Å². The number of aryl methyl sites for hydroxylation is 1. The normalized spacial score (nSPS) is 27.0. The SMILES string of the molecule is CCC(C)(C)C(=O)OC.COCCOc1cc2c(cc1CN=O)C1CC[C@]3(C)CCCC3C1CC2. The molecule has 196 valence electrons. The fourth-order valence-electron chi connectivity index (χ4n) is 6.62. The zero-order chi connectivity index (χ0) is 25.6. The molecule has 3 aliphatic rings. The molecule has 0 heterocycles. The highest BCUT2D eigenvalue weighted by atomic mass is 16.5. The fraction of sp³-hybridized carbons (Fsp3) is 0.759. The van der Waals surface area contributed by atoms with Crippen LogP contribution in [0.1, 0.15) is 95.2 Å². The molecular formula is C29H45NO5. The molecule has 2 saturated carbocycles. The van der Waals surface area contributed by atoms with Crippen molar-refractivity contribution >= 4 is 5.97 Å². The Bertz CT molecular complexity index is 882. The van der Waals surface area contributed by atoms with E-state index in [1.54, 1.807) is 7.11 Å². The van der Waals surface area contributed by atoms with E-state index in [1.807, 2.05) is 20.8 Å². The standard InChI is InChI=1S/C22H31NO3.C7H14O2/c1-22-8-3-4-20(22)18-6-5-15-13-21(26-11-10-25-2)16(14-23-24)12-19(15)17(18)7-9-22;1-5-7(2,3)6(8)9-4/h12-13,17-18,20H,3-11,14H2,1-2H3;5H2,1-4H3/t17?,18?,20?,22-;/m0./s1. The van der Waals surface area contributed by atoms with Gasteiger partial charge in [-0.1, -0.05) is 25.4 Å². The van der Waals surface area contributed by atoms with Crippen LogP contribution < -0.4 is 4.74 Å². The van der Waals surface area contributed by atoms with Gasteiger partial charge in [-0.25, -0.2) is 0 Å². The van der Waals surface area contributed by atoms with E-state index in [0.717, 1.165) is 36.0 Å². The molecule has 35 heavy (non-hydrogen) atoms. The van der Waals surface area contributed by atoms with Crippen LogP contribution in [0.3, 0.4) is 0 Å². The molecule has 0 N–H and O–H groups in total. The van der Waals surface area contributed by atoms with Crippen molar-refractivity contribution in [1.29, 1.82) is 0 Å². The van der Waals surface area contributed by atoms with Gasteiger partial charge in [0.2, 0.25) is 0 Å². The van der Waals surface area contributed by atoms with Crippen molar-refractivity contribution in [3.8, 4) is 5.75 Å². The smallest absolute Gasteiger partial charge is 0.311 e. The summed E-state index contributed by atoms with van der Waals surface area (Å²) in [5.41, 5.74) is 4.11. The summed E-state index contributed by atoms with van der Waals surface area (Å²) in [4.78, 5) is 21.8. The summed E-state index contributed by atoms with van der Waals surface area (Å²) in [6, 6.07) is 4.43. The maximum Gasteiger partial charge on any atom is 0.311 e. The summed E-state index contributed by atoms with van der Waals surface area (Å²) < 4.78 is 15.5. The van der Waals surface area contributed by atoms with Crippen molar-refractivity contribution in [3.63, 3.8) is 0 Å². The second-order valence-electron chi connectivity index (χ2n) is 11.5. The first-order chi connectivity index (χ1) is 16.7. The highest BCUT2D eigenvalue weighted by Crippen LogP contribution is 2.61. The molecule has 0 bridgehead atoms. The monoisotopic (exact) mass is 487 g/mol. The number of fused-ring (bicyclic) bond motifs is 5. The lowest BCUT2D eigenvalue weighted by Gasteiger charge is -2.49. The fourth-order valence-corrected chi connectivity index (χ4v) is 6.62. The number of nitrogens with zero attached hydrogens (tertiary/aromatic N) is 1. The second kappa shape index (κ2) is 11.9. The first-order valence-electron chi connectivity index (χ1n) is 13.4. The average molecular weight is 488 g/mol. The Morgan fingerprint density at radius 2 is 1.91 bits per heavy atom. The Labute approximate surface area is 211 Å². The Kier molecular flexibility index (Phi) is 9.36. The highest BCUT2D eigenvalue weighted by molar-refractivity contribution is 5.75. The Morgan fingerprint density at radius 3 is 2.54 bits per heavy atom. The Hall–Kier alpha value is -1.95. The topological polar surface area (TPSA) is 74.2 Å². The maximum atomic E-state index is 11.0. The van der Waals surface area contributed by atoms with Gasteiger partial charge < -0.3 is 14.2 Å². The van der Waals surface area contributed by atoms with Gasteiger partial charge in [0.25, 0.3) is 0 Å². The number of carbonyl (C=O) groups excluding carboxylic acids is 1. The predicted molar refractivity (Wildman–Crippen MR) is 139 cm³/mol. The van der Waals surface area contributed by atoms with Crippen molar-refractivity contribution in [2.45, 2.75) is 91.5 Å². The van der Waals surface area contributed by atoms with Gasteiger partial charge in [-0.05, 0) is 105 Å². The van der Waals surface area contributed by atoms with E-state index in [2.05, 4.69) is 29.0 Å². The van der Waals surface area contributed by atoms with Gasteiger partial charge in [0.15, 0.2) is 0 Å². The lowest BCUT2D eigenvalue weighted by atomic mass is 9.56. The van der Waals surface area contributed by atoms with Crippen LogP contribution in [0, 0.1) is 27.6 Å². The minimum absolute atomic E-state index is 0.134. The summed E-state index contributed by atoms with van der Waals surface area (Å²) >= 11 is 0. The maximum absolute atomic E-state index is 11.0. The number of benzene rings is 1. The van der Waals surface area contributed by atoms with E-state index in [1.165, 1.54) is 56.8 Å². The van der Waals surface area contributed by atoms with Crippen LogP contribution in [0.15, 0.2) is 17.3 Å². The lowest BCUT2D eigenvalue weighted by molar-refractivity contribution is -0.150. The number of carbonyl (C=O) groups is 1. The zero-order valence-corrected chi connectivity index (χ0v) is 22.7. The van der Waals surface area contributed by atoms with Gasteiger partial charge in [0.1, 0.15) is 18.9 Å². The molecule has 0 aliphatic heterocycles. The molecule has 1 aromatic carbocycles. The summed E-state index contributed by atoms with van der Waals surface area (Å²) in [5, 5.41) is 3.15. The number of hydrogen-bond acceptors (Lipinski definition) is 6. The zero-order valence-electron chi connectivity index (χ0n) is 22.7. The van der Waals surface area contributed by atoms with Crippen molar-refractivity contribution in [1.82, 2.24) is 0 Å². The molecule has 3 aliphatic carbocycles. The van der Waals surface area contributed by atoms with E-state index in [0.29, 0.717) is 24.5 Å². The van der Waals surface area contributed by atoms with Gasteiger partial charge in [-0.15, -0.1) is 0 Å². The molecule has 4 rings (SSSR count). The van der Waals surface area contributed by atoms with Crippen molar-refractivity contribution in [2.24, 2.45) is 27.8 Å². The van der Waals surface area contributed by atoms with Crippen LogP contribution >= 0.6 is 0 Å². The van der Waals surface area contributed by atoms with Crippen LogP contribution in [0.4, 0.5) is 0 Å². The number of nitroso groups, excluding NO2 is 1. The summed E-state index contributed by atoms with van der Waals surface area (Å²) in [6.45, 7) is 9.50. The van der Waals surface area contributed by atoms with Gasteiger partial charge in [-0.2, -0.15) is 4.91 Å². The lowest BCUT2D eigenvalue weighted by Crippen LogP contribution is -2.39. The number of methoxy groups -OCH3 is 2. The summed E-state index contributed by atoms with van der Waals surface area (Å²) in [5.74, 6) is 3.06. The van der Waals surface area contributed by atoms with E-state index in [9.17, 15) is 9.70 Å². The van der Waals surface area contributed by atoms with Crippen LogP contribution in [-0.4, -0.2) is 33.4 Å². The third-order valence-electron chi connectivity index (χ3n) is 9.09. The molecule has 6 nitrogen and oxygen atoms in total. The predicted octanol–water partition coefficient (Wildman–Crippen LogP) is 6.82. The van der Waals surface area contributed by atoms with Crippen molar-refractivity contribution in [2.75, 3.05) is 27.4 Å². The molecule has 2 fully saturated rings. The first-order valence-corrected chi connectivity index (χ1v) is 13.4. The Balaban J connectivity index is 0.000000327. The summed E-state index contributed by atoms with van der Waals surface area (Å²) in [6.07, 6.45) is 10.1. The van der Waals surface area contributed by atoms with Gasteiger partial charge in [0.05, 0.1) is 19.1 Å². The number of hydrogen-bond donors (Lipinski definition) is 0. The first kappa shape index (κ1) is 27.6. The van der Waals surface area contributed by atoms with Crippen LogP contribution in [-0.2, 0) is 27.2 Å². The second-order valence-corrected chi connectivity index (χ2v) is 11.5. The quantitative estimate of drug-likeness (QED) is 0.228. The molecule has 0 aromatic heterocycles. The van der Waals surface area contributed by atoms with Gasteiger partial charge in [0, 0.05) is 12.7 Å². The van der Waals surface area contributed by atoms with Crippen LogP contribution in [0.25, 0.3) is 0 Å². The number of esters is 1. The van der Waals surface area contributed by atoms with Gasteiger partial charge >= 0.3 is 5.97 Å². The molecule has 4 atom stereocenters.